The molecule has 3 aromatic rings. The Morgan fingerprint density at radius 1 is 1.29 bits per heavy atom. The number of aromatic nitrogens is 3. The van der Waals surface area contributed by atoms with Crippen LogP contribution in [0.5, 0.6) is 0 Å². The number of aryl methyl sites for hydroxylation is 1. The van der Waals surface area contributed by atoms with Crippen LogP contribution in [0.3, 0.4) is 0 Å². The fraction of sp³-hybridized carbons (Fsp3) is 0.364. The lowest BCUT2D eigenvalue weighted by atomic mass is 10.0. The summed E-state index contributed by atoms with van der Waals surface area (Å²) in [4.78, 5) is 17.0. The lowest BCUT2D eigenvalue weighted by molar-refractivity contribution is -0.0556. The third-order valence-electron chi connectivity index (χ3n) is 5.55. The van der Waals surface area contributed by atoms with Gasteiger partial charge in [0, 0.05) is 24.4 Å². The summed E-state index contributed by atoms with van der Waals surface area (Å²) < 4.78 is 27.8. The number of hydrogen-bond acceptors (Lipinski definition) is 5. The number of nitrogens with one attached hydrogen (secondary N) is 1. The van der Waals surface area contributed by atoms with E-state index < -0.39 is 18.1 Å². The van der Waals surface area contributed by atoms with Gasteiger partial charge >= 0.3 is 0 Å². The smallest absolute Gasteiger partial charge is 0.295 e. The van der Waals surface area contributed by atoms with Crippen LogP contribution in [-0.2, 0) is 11.5 Å². The Morgan fingerprint density at radius 2 is 2.03 bits per heavy atom. The molecule has 1 saturated carbocycles. The molecule has 0 spiro atoms. The molecule has 9 heteroatoms. The zero-order valence-corrected chi connectivity index (χ0v) is 17.7. The molecule has 0 amide bonds. The van der Waals surface area contributed by atoms with Gasteiger partial charge in [-0.05, 0) is 31.5 Å². The summed E-state index contributed by atoms with van der Waals surface area (Å²) in [7, 11) is 0. The standard InChI is InChI=1S/C22H20ClF2N5O/c1-12(14-5-4-6-15(9-14)22(24,25)11-31)27-19-16-10-17(21(26-3)7-8-21)18(23)30-20(16)29-13(2)28-19/h4-6,9-10,12,31H,7-8,11H2,1-2H3,(H,27,28,29,30)/t12-/m1/s1. The van der Waals surface area contributed by atoms with E-state index in [-0.39, 0.29) is 16.8 Å². The zero-order chi connectivity index (χ0) is 22.4. The van der Waals surface area contributed by atoms with Gasteiger partial charge in [0.1, 0.15) is 23.4 Å². The number of anilines is 1. The highest BCUT2D eigenvalue weighted by Crippen LogP contribution is 2.52. The molecule has 2 N–H and O–H groups in total. The lowest BCUT2D eigenvalue weighted by Gasteiger charge is -2.20. The van der Waals surface area contributed by atoms with E-state index in [9.17, 15) is 8.78 Å². The first-order valence-electron chi connectivity index (χ1n) is 9.79. The van der Waals surface area contributed by atoms with Gasteiger partial charge in [-0.1, -0.05) is 29.8 Å². The lowest BCUT2D eigenvalue weighted by Crippen LogP contribution is -2.19. The second-order valence-corrected chi connectivity index (χ2v) is 8.17. The monoisotopic (exact) mass is 443 g/mol. The van der Waals surface area contributed by atoms with Crippen molar-refractivity contribution >= 4 is 28.5 Å². The summed E-state index contributed by atoms with van der Waals surface area (Å²) in [5, 5.41) is 13.1. The zero-order valence-electron chi connectivity index (χ0n) is 17.0. The number of fused-ring (bicyclic) bond motifs is 1. The molecule has 6 nitrogen and oxygen atoms in total. The molecule has 1 fully saturated rings. The molecule has 1 atom stereocenters. The van der Waals surface area contributed by atoms with Gasteiger partial charge in [0.25, 0.3) is 11.5 Å². The van der Waals surface area contributed by atoms with Crippen molar-refractivity contribution < 1.29 is 13.9 Å². The minimum absolute atomic E-state index is 0.256. The van der Waals surface area contributed by atoms with Crippen LogP contribution in [0.25, 0.3) is 15.9 Å². The van der Waals surface area contributed by atoms with E-state index >= 15 is 0 Å². The van der Waals surface area contributed by atoms with E-state index in [4.69, 9.17) is 23.3 Å². The van der Waals surface area contributed by atoms with E-state index in [1.807, 2.05) is 6.92 Å². The maximum absolute atomic E-state index is 13.9. The molecular formula is C22H20ClF2N5O. The number of aliphatic hydroxyl groups is 1. The van der Waals surface area contributed by atoms with Crippen LogP contribution >= 0.6 is 11.6 Å². The van der Waals surface area contributed by atoms with E-state index in [0.29, 0.717) is 33.8 Å². The van der Waals surface area contributed by atoms with Crippen LogP contribution < -0.4 is 5.32 Å². The molecule has 0 unspecified atom stereocenters. The van der Waals surface area contributed by atoms with Crippen molar-refractivity contribution in [1.29, 1.82) is 0 Å². The molecule has 160 valence electrons. The number of alkyl halides is 2. The van der Waals surface area contributed by atoms with Crippen molar-refractivity contribution in [1.82, 2.24) is 15.0 Å². The third-order valence-corrected chi connectivity index (χ3v) is 5.84. The number of rotatable bonds is 6. The predicted octanol–water partition coefficient (Wildman–Crippen LogP) is 5.15. The van der Waals surface area contributed by atoms with Crippen LogP contribution in [0.15, 0.2) is 30.3 Å². The fourth-order valence-electron chi connectivity index (χ4n) is 3.55. The van der Waals surface area contributed by atoms with Gasteiger partial charge in [-0.15, -0.1) is 0 Å². The van der Waals surface area contributed by atoms with Crippen LogP contribution in [0.4, 0.5) is 14.6 Å². The Kier molecular flexibility index (Phi) is 5.28. The van der Waals surface area contributed by atoms with Gasteiger partial charge in [0.2, 0.25) is 0 Å². The summed E-state index contributed by atoms with van der Waals surface area (Å²) >= 11 is 6.36. The summed E-state index contributed by atoms with van der Waals surface area (Å²) in [6, 6.07) is 7.34. The maximum atomic E-state index is 13.9. The highest BCUT2D eigenvalue weighted by Gasteiger charge is 2.54. The fourth-order valence-corrected chi connectivity index (χ4v) is 3.86. The molecule has 4 rings (SSSR count). The van der Waals surface area contributed by atoms with Crippen LogP contribution in [-0.4, -0.2) is 26.7 Å². The Bertz CT molecular complexity index is 1210. The summed E-state index contributed by atoms with van der Waals surface area (Å²) in [5.41, 5.74) is 0.767. The van der Waals surface area contributed by atoms with E-state index in [1.165, 1.54) is 18.2 Å². The first kappa shape index (κ1) is 21.3. The first-order chi connectivity index (χ1) is 14.7. The molecule has 31 heavy (non-hydrogen) atoms. The Balaban J connectivity index is 1.74. The van der Waals surface area contributed by atoms with E-state index in [0.717, 1.165) is 12.8 Å². The van der Waals surface area contributed by atoms with Crippen molar-refractivity contribution in [2.75, 3.05) is 11.9 Å². The summed E-state index contributed by atoms with van der Waals surface area (Å²) in [6.45, 7) is 9.81. The molecule has 1 aliphatic rings. The van der Waals surface area contributed by atoms with Gasteiger partial charge in [0.05, 0.1) is 10.9 Å². The molecular weight excluding hydrogens is 424 g/mol. The molecule has 1 aliphatic carbocycles. The van der Waals surface area contributed by atoms with Crippen molar-refractivity contribution in [3.8, 4) is 0 Å². The van der Waals surface area contributed by atoms with Crippen molar-refractivity contribution in [3.05, 3.63) is 69.4 Å². The number of halogens is 3. The minimum atomic E-state index is -3.32. The van der Waals surface area contributed by atoms with Gasteiger partial charge in [-0.2, -0.15) is 8.78 Å². The van der Waals surface area contributed by atoms with Gasteiger partial charge in [0.15, 0.2) is 5.65 Å². The molecule has 1 aromatic carbocycles. The largest absolute Gasteiger partial charge is 0.390 e. The topological polar surface area (TPSA) is 75.3 Å². The number of hydrogen-bond donors (Lipinski definition) is 2. The van der Waals surface area contributed by atoms with Gasteiger partial charge in [-0.25, -0.2) is 21.5 Å². The Hall–Kier alpha value is -2.89. The van der Waals surface area contributed by atoms with E-state index in [1.54, 1.807) is 19.1 Å². The van der Waals surface area contributed by atoms with Crippen molar-refractivity contribution in [2.45, 2.75) is 44.2 Å². The van der Waals surface area contributed by atoms with Crippen LogP contribution in [0.2, 0.25) is 5.15 Å². The number of benzene rings is 1. The first-order valence-corrected chi connectivity index (χ1v) is 10.2. The quantitative estimate of drug-likeness (QED) is 0.407. The highest BCUT2D eigenvalue weighted by atomic mass is 35.5. The molecule has 0 saturated heterocycles. The predicted molar refractivity (Wildman–Crippen MR) is 114 cm³/mol. The molecule has 2 heterocycles. The Morgan fingerprint density at radius 3 is 2.68 bits per heavy atom. The molecule has 0 aliphatic heterocycles. The summed E-state index contributed by atoms with van der Waals surface area (Å²) in [6.07, 6.45) is 1.45. The van der Waals surface area contributed by atoms with Gasteiger partial charge in [-0.3, -0.25) is 0 Å². The van der Waals surface area contributed by atoms with Crippen LogP contribution in [0.1, 0.15) is 48.3 Å². The maximum Gasteiger partial charge on any atom is 0.295 e. The average molecular weight is 444 g/mol. The van der Waals surface area contributed by atoms with Crippen LogP contribution in [0, 0.1) is 13.5 Å². The van der Waals surface area contributed by atoms with Gasteiger partial charge < -0.3 is 15.3 Å². The normalized spacial score (nSPS) is 16.0. The number of pyridine rings is 1. The molecule has 0 bridgehead atoms. The second-order valence-electron chi connectivity index (χ2n) is 7.81. The van der Waals surface area contributed by atoms with Crippen molar-refractivity contribution in [2.24, 2.45) is 0 Å². The molecule has 0 radical (unpaired) electrons. The van der Waals surface area contributed by atoms with E-state index in [2.05, 4.69) is 25.1 Å². The Labute approximate surface area is 183 Å². The number of aliphatic hydroxyl groups excluding tert-OH is 1. The average Bonchev–Trinajstić information content (AvgIpc) is 3.54. The third kappa shape index (κ3) is 3.91. The summed E-state index contributed by atoms with van der Waals surface area (Å²) in [5.74, 6) is -2.35. The minimum Gasteiger partial charge on any atom is -0.390 e. The molecule has 2 aromatic heterocycles. The van der Waals surface area contributed by atoms with Crippen molar-refractivity contribution in [3.63, 3.8) is 0 Å². The SMILES string of the molecule is [C-]#[N+]C1(c2cc3c(N[C@H](C)c4cccc(C(F)(F)CO)c4)nc(C)nc3nc2Cl)CC1. The second kappa shape index (κ2) is 7.66. The highest BCUT2D eigenvalue weighted by molar-refractivity contribution is 6.30. The number of nitrogens with zero attached hydrogens (tertiary/aromatic N) is 4.